The molecule has 1 aromatic rings. The molecule has 0 spiro atoms. The summed E-state index contributed by atoms with van der Waals surface area (Å²) in [7, 11) is 0. The van der Waals surface area contributed by atoms with E-state index in [1.54, 1.807) is 27.7 Å². The molecular weight excluding hydrogens is 352 g/mol. The number of esters is 1. The summed E-state index contributed by atoms with van der Waals surface area (Å²) in [6.45, 7) is 11.0. The zero-order valence-corrected chi connectivity index (χ0v) is 16.6. The van der Waals surface area contributed by atoms with Gasteiger partial charge in [-0.05, 0) is 52.2 Å². The van der Waals surface area contributed by atoms with Crippen LogP contribution < -0.4 is 5.32 Å². The van der Waals surface area contributed by atoms with E-state index in [1.165, 1.54) is 24.3 Å². The lowest BCUT2D eigenvalue weighted by Gasteiger charge is -2.28. The number of nitrogens with zero attached hydrogens (tertiary/aromatic N) is 1. The number of carbonyl (C=O) groups is 2. The molecule has 1 amide bonds. The third-order valence-electron chi connectivity index (χ3n) is 3.58. The summed E-state index contributed by atoms with van der Waals surface area (Å²) in [5.41, 5.74) is -0.531. The fourth-order valence-corrected chi connectivity index (χ4v) is 2.33. The van der Waals surface area contributed by atoms with Crippen LogP contribution in [-0.4, -0.2) is 34.7 Å². The zero-order valence-electron chi connectivity index (χ0n) is 16.6. The predicted octanol–water partition coefficient (Wildman–Crippen LogP) is 4.08. The van der Waals surface area contributed by atoms with E-state index >= 15 is 0 Å². The van der Waals surface area contributed by atoms with Gasteiger partial charge in [0.15, 0.2) is 0 Å². The Hall–Kier alpha value is -2.64. The van der Waals surface area contributed by atoms with Gasteiger partial charge < -0.3 is 14.8 Å². The molecular formula is C19H28N2O6. The molecule has 2 atom stereocenters. The molecule has 27 heavy (non-hydrogen) atoms. The first-order chi connectivity index (χ1) is 12.4. The first-order valence-corrected chi connectivity index (χ1v) is 8.84. The highest BCUT2D eigenvalue weighted by atomic mass is 16.6. The maximum Gasteiger partial charge on any atom is 0.407 e. The fourth-order valence-electron chi connectivity index (χ4n) is 2.33. The van der Waals surface area contributed by atoms with Gasteiger partial charge in [0, 0.05) is 12.1 Å². The van der Waals surface area contributed by atoms with Crippen LogP contribution in [0.15, 0.2) is 24.3 Å². The van der Waals surface area contributed by atoms with Gasteiger partial charge in [-0.25, -0.2) is 9.59 Å². The van der Waals surface area contributed by atoms with Crippen LogP contribution in [0.5, 0.6) is 0 Å². The Kier molecular flexibility index (Phi) is 7.75. The van der Waals surface area contributed by atoms with Gasteiger partial charge in [0.2, 0.25) is 0 Å². The maximum absolute atomic E-state index is 12.4. The van der Waals surface area contributed by atoms with Crippen molar-refractivity contribution in [2.24, 2.45) is 5.92 Å². The van der Waals surface area contributed by atoms with Crippen LogP contribution in [-0.2, 0) is 9.47 Å². The number of benzene rings is 1. The number of hydrogen-bond acceptors (Lipinski definition) is 6. The van der Waals surface area contributed by atoms with Crippen molar-refractivity contribution >= 4 is 17.7 Å². The minimum Gasteiger partial charge on any atom is -0.457 e. The first-order valence-electron chi connectivity index (χ1n) is 8.84. The molecule has 1 aromatic carbocycles. The molecule has 1 rings (SSSR count). The number of nitro benzene ring substituents is 1. The molecule has 8 nitrogen and oxygen atoms in total. The summed E-state index contributed by atoms with van der Waals surface area (Å²) in [5.74, 6) is -0.379. The van der Waals surface area contributed by atoms with Crippen LogP contribution in [0.25, 0.3) is 0 Å². The normalized spacial score (nSPS) is 13.6. The molecule has 0 radical (unpaired) electrons. The summed E-state index contributed by atoms with van der Waals surface area (Å²) in [6.07, 6.45) is -0.620. The molecule has 0 saturated heterocycles. The number of alkyl carbamates (subject to hydrolysis) is 1. The van der Waals surface area contributed by atoms with E-state index in [0.29, 0.717) is 6.42 Å². The molecule has 1 N–H and O–H groups in total. The van der Waals surface area contributed by atoms with Crippen LogP contribution in [0.1, 0.15) is 58.3 Å². The highest BCUT2D eigenvalue weighted by Gasteiger charge is 2.27. The molecule has 0 saturated carbocycles. The Morgan fingerprint density at radius 3 is 2.15 bits per heavy atom. The van der Waals surface area contributed by atoms with E-state index in [-0.39, 0.29) is 17.2 Å². The van der Waals surface area contributed by atoms with E-state index in [9.17, 15) is 19.7 Å². The van der Waals surface area contributed by atoms with Gasteiger partial charge in [0.1, 0.15) is 11.7 Å². The van der Waals surface area contributed by atoms with E-state index in [2.05, 4.69) is 5.32 Å². The molecule has 0 aliphatic heterocycles. The minimum absolute atomic E-state index is 0.106. The third-order valence-corrected chi connectivity index (χ3v) is 3.58. The van der Waals surface area contributed by atoms with E-state index in [4.69, 9.17) is 9.47 Å². The lowest BCUT2D eigenvalue weighted by atomic mass is 10.0. The van der Waals surface area contributed by atoms with Gasteiger partial charge in [-0.3, -0.25) is 10.1 Å². The Balaban J connectivity index is 2.82. The molecule has 0 fully saturated rings. The summed E-state index contributed by atoms with van der Waals surface area (Å²) in [4.78, 5) is 34.6. The fraction of sp³-hybridized carbons (Fsp3) is 0.579. The van der Waals surface area contributed by atoms with Crippen molar-refractivity contribution in [3.63, 3.8) is 0 Å². The van der Waals surface area contributed by atoms with Crippen LogP contribution in [0, 0.1) is 16.0 Å². The first kappa shape index (κ1) is 22.4. The van der Waals surface area contributed by atoms with Crippen molar-refractivity contribution < 1.29 is 24.0 Å². The minimum atomic E-state index is -0.632. The highest BCUT2D eigenvalue weighted by molar-refractivity contribution is 5.89. The second kappa shape index (κ2) is 9.34. The van der Waals surface area contributed by atoms with Crippen LogP contribution >= 0.6 is 0 Å². The van der Waals surface area contributed by atoms with Crippen molar-refractivity contribution in [1.29, 1.82) is 0 Å². The second-order valence-corrected chi connectivity index (χ2v) is 7.81. The van der Waals surface area contributed by atoms with Crippen LogP contribution in [0.2, 0.25) is 0 Å². The molecule has 0 bridgehead atoms. The summed E-state index contributed by atoms with van der Waals surface area (Å²) in [6, 6.07) is 4.72. The lowest BCUT2D eigenvalue weighted by Crippen LogP contribution is -2.45. The van der Waals surface area contributed by atoms with Gasteiger partial charge in [-0.2, -0.15) is 0 Å². The Bertz CT molecular complexity index is 664. The van der Waals surface area contributed by atoms with E-state index < -0.39 is 34.7 Å². The second-order valence-electron chi connectivity index (χ2n) is 7.81. The Morgan fingerprint density at radius 2 is 1.70 bits per heavy atom. The number of hydrogen-bond donors (Lipinski definition) is 1. The molecule has 0 aromatic heterocycles. The van der Waals surface area contributed by atoms with Gasteiger partial charge in [0.25, 0.3) is 5.69 Å². The number of nitrogens with one attached hydrogen (secondary N) is 1. The van der Waals surface area contributed by atoms with Gasteiger partial charge in [0.05, 0.1) is 16.5 Å². The summed E-state index contributed by atoms with van der Waals surface area (Å²) in [5, 5.41) is 13.4. The average Bonchev–Trinajstić information content (AvgIpc) is 2.51. The van der Waals surface area contributed by atoms with Crippen molar-refractivity contribution in [2.75, 3.05) is 0 Å². The standard InChI is InChI=1S/C19H28N2O6/c1-12(2)11-16(13(3)20-18(23)27-19(4,5)6)26-17(22)14-7-9-15(10-8-14)21(24)25/h7-10,12-13,16H,11H2,1-6H3,(H,20,23)/t13-,16?/m0/s1. The number of rotatable bonds is 7. The van der Waals surface area contributed by atoms with Gasteiger partial charge in [-0.1, -0.05) is 13.8 Å². The Labute approximate surface area is 159 Å². The smallest absolute Gasteiger partial charge is 0.407 e. The van der Waals surface area contributed by atoms with Gasteiger partial charge in [-0.15, -0.1) is 0 Å². The van der Waals surface area contributed by atoms with Crippen molar-refractivity contribution in [2.45, 2.75) is 65.7 Å². The topological polar surface area (TPSA) is 108 Å². The largest absolute Gasteiger partial charge is 0.457 e. The van der Waals surface area contributed by atoms with Crippen LogP contribution in [0.3, 0.4) is 0 Å². The molecule has 150 valence electrons. The van der Waals surface area contributed by atoms with Crippen molar-refractivity contribution in [1.82, 2.24) is 5.32 Å². The number of amides is 1. The summed E-state index contributed by atoms with van der Waals surface area (Å²) < 4.78 is 10.8. The lowest BCUT2D eigenvalue weighted by molar-refractivity contribution is -0.384. The van der Waals surface area contributed by atoms with Crippen LogP contribution in [0.4, 0.5) is 10.5 Å². The molecule has 0 heterocycles. The number of ether oxygens (including phenoxy) is 2. The highest BCUT2D eigenvalue weighted by Crippen LogP contribution is 2.18. The molecule has 8 heteroatoms. The van der Waals surface area contributed by atoms with Gasteiger partial charge >= 0.3 is 12.1 Å². The number of nitro groups is 1. The molecule has 0 aliphatic rings. The van der Waals surface area contributed by atoms with Crippen molar-refractivity contribution in [3.8, 4) is 0 Å². The zero-order chi connectivity index (χ0) is 20.8. The molecule has 1 unspecified atom stereocenters. The number of non-ortho nitro benzene ring substituents is 1. The Morgan fingerprint density at radius 1 is 1.15 bits per heavy atom. The predicted molar refractivity (Wildman–Crippen MR) is 101 cm³/mol. The summed E-state index contributed by atoms with van der Waals surface area (Å²) >= 11 is 0. The third kappa shape index (κ3) is 8.06. The maximum atomic E-state index is 12.4. The number of carbonyl (C=O) groups excluding carboxylic acids is 2. The van der Waals surface area contributed by atoms with E-state index in [1.807, 2.05) is 13.8 Å². The SMILES string of the molecule is CC(C)CC(OC(=O)c1ccc([N+](=O)[O-])cc1)[C@H](C)NC(=O)OC(C)(C)C. The monoisotopic (exact) mass is 380 g/mol. The average molecular weight is 380 g/mol. The van der Waals surface area contributed by atoms with E-state index in [0.717, 1.165) is 0 Å². The quantitative estimate of drug-likeness (QED) is 0.434. The molecule has 0 aliphatic carbocycles. The van der Waals surface area contributed by atoms with Crippen molar-refractivity contribution in [3.05, 3.63) is 39.9 Å².